The van der Waals surface area contributed by atoms with Crippen molar-refractivity contribution in [3.8, 4) is 5.75 Å². The van der Waals surface area contributed by atoms with Crippen molar-refractivity contribution in [3.05, 3.63) is 75.7 Å². The minimum Gasteiger partial charge on any atom is -0.481 e. The van der Waals surface area contributed by atoms with E-state index in [-0.39, 0.29) is 18.4 Å². The summed E-state index contributed by atoms with van der Waals surface area (Å²) in [6.45, 7) is 9.29. The Bertz CT molecular complexity index is 1200. The fourth-order valence-electron chi connectivity index (χ4n) is 3.23. The fraction of sp³-hybridized carbons (Fsp3) is 0.269. The highest BCUT2D eigenvalue weighted by Gasteiger charge is 2.22. The molecule has 0 aliphatic rings. The van der Waals surface area contributed by atoms with Crippen molar-refractivity contribution in [2.24, 2.45) is 0 Å². The molecule has 0 spiro atoms. The van der Waals surface area contributed by atoms with Gasteiger partial charge in [-0.05, 0) is 76.1 Å². The molecule has 34 heavy (non-hydrogen) atoms. The van der Waals surface area contributed by atoms with Gasteiger partial charge in [0.15, 0.2) is 6.10 Å². The van der Waals surface area contributed by atoms with Crippen LogP contribution in [0, 0.1) is 20.8 Å². The number of benzene rings is 2. The van der Waals surface area contributed by atoms with Crippen LogP contribution in [-0.4, -0.2) is 30.5 Å². The number of thiophene rings is 1. The maximum Gasteiger partial charge on any atom is 0.341 e. The number of para-hydroxylation sites is 1. The Kier molecular flexibility index (Phi) is 8.07. The predicted octanol–water partition coefficient (Wildman–Crippen LogP) is 5.51. The largest absolute Gasteiger partial charge is 0.481 e. The fourth-order valence-corrected chi connectivity index (χ4v) is 4.27. The number of hydrogen-bond acceptors (Lipinski definition) is 6. The summed E-state index contributed by atoms with van der Waals surface area (Å²) in [5, 5.41) is 6.12. The normalized spacial score (nSPS) is 11.4. The summed E-state index contributed by atoms with van der Waals surface area (Å²) in [7, 11) is 0. The maximum atomic E-state index is 12.8. The minimum atomic E-state index is -0.733. The third-order valence-electron chi connectivity index (χ3n) is 5.29. The summed E-state index contributed by atoms with van der Waals surface area (Å²) in [6.07, 6.45) is -0.733. The number of rotatable bonds is 8. The van der Waals surface area contributed by atoms with Gasteiger partial charge in [-0.25, -0.2) is 4.79 Å². The van der Waals surface area contributed by atoms with Crippen molar-refractivity contribution >= 4 is 39.8 Å². The highest BCUT2D eigenvalue weighted by molar-refractivity contribution is 7.16. The SMILES string of the molecule is CCOC(=O)c1c(NC(=O)c2ccc(O[C@@H](C)C(=O)Nc3ccccc3C)cc2)sc(C)c1C. The molecule has 2 amide bonds. The van der Waals surface area contributed by atoms with E-state index >= 15 is 0 Å². The minimum absolute atomic E-state index is 0.253. The number of nitrogens with one attached hydrogen (secondary N) is 2. The Labute approximate surface area is 203 Å². The number of aryl methyl sites for hydroxylation is 2. The second-order valence-electron chi connectivity index (χ2n) is 7.75. The first kappa shape index (κ1) is 25.0. The lowest BCUT2D eigenvalue weighted by atomic mass is 10.1. The number of anilines is 2. The molecule has 0 aliphatic heterocycles. The molecular formula is C26H28N2O5S. The monoisotopic (exact) mass is 480 g/mol. The second kappa shape index (κ2) is 11.0. The van der Waals surface area contributed by atoms with Gasteiger partial charge in [0.25, 0.3) is 11.8 Å². The first-order chi connectivity index (χ1) is 16.2. The van der Waals surface area contributed by atoms with Gasteiger partial charge >= 0.3 is 5.97 Å². The third kappa shape index (κ3) is 5.82. The van der Waals surface area contributed by atoms with Gasteiger partial charge in [-0.2, -0.15) is 0 Å². The smallest absolute Gasteiger partial charge is 0.341 e. The number of hydrogen-bond donors (Lipinski definition) is 2. The van der Waals surface area contributed by atoms with Gasteiger partial charge in [-0.15, -0.1) is 11.3 Å². The lowest BCUT2D eigenvalue weighted by Crippen LogP contribution is -2.30. The van der Waals surface area contributed by atoms with E-state index in [0.29, 0.717) is 21.9 Å². The maximum absolute atomic E-state index is 12.8. The van der Waals surface area contributed by atoms with Gasteiger partial charge in [0.05, 0.1) is 12.2 Å². The van der Waals surface area contributed by atoms with Crippen LogP contribution < -0.4 is 15.4 Å². The summed E-state index contributed by atoms with van der Waals surface area (Å²) in [5.41, 5.74) is 3.26. The van der Waals surface area contributed by atoms with Crippen LogP contribution in [0.25, 0.3) is 0 Å². The average Bonchev–Trinajstić information content (AvgIpc) is 3.08. The van der Waals surface area contributed by atoms with Crippen LogP contribution in [0.3, 0.4) is 0 Å². The van der Waals surface area contributed by atoms with E-state index in [1.54, 1.807) is 38.1 Å². The average molecular weight is 481 g/mol. The number of amides is 2. The Balaban J connectivity index is 1.65. The topological polar surface area (TPSA) is 93.7 Å². The molecule has 2 N–H and O–H groups in total. The molecule has 2 aromatic carbocycles. The van der Waals surface area contributed by atoms with Crippen LogP contribution in [0.2, 0.25) is 0 Å². The Morgan fingerprint density at radius 3 is 2.29 bits per heavy atom. The van der Waals surface area contributed by atoms with E-state index in [4.69, 9.17) is 9.47 Å². The summed E-state index contributed by atoms with van der Waals surface area (Å²) in [5.74, 6) is -0.630. The van der Waals surface area contributed by atoms with Gasteiger partial charge < -0.3 is 20.1 Å². The molecule has 3 rings (SSSR count). The van der Waals surface area contributed by atoms with Gasteiger partial charge in [-0.1, -0.05) is 18.2 Å². The van der Waals surface area contributed by atoms with E-state index < -0.39 is 12.1 Å². The molecule has 0 saturated carbocycles. The zero-order valence-corrected chi connectivity index (χ0v) is 20.7. The van der Waals surface area contributed by atoms with E-state index in [2.05, 4.69) is 10.6 Å². The molecule has 7 nitrogen and oxygen atoms in total. The summed E-state index contributed by atoms with van der Waals surface area (Å²) in [4.78, 5) is 38.5. The molecule has 0 bridgehead atoms. The molecule has 0 fully saturated rings. The van der Waals surface area contributed by atoms with E-state index in [1.807, 2.05) is 45.0 Å². The number of esters is 1. The standard InChI is InChI=1S/C26H28N2O5S/c1-6-32-26(31)22-16(3)18(5)34-25(22)28-24(30)19-11-13-20(14-12-19)33-17(4)23(29)27-21-10-8-7-9-15(21)2/h7-14,17H,6H2,1-5H3,(H,27,29)(H,28,30)/t17-/m0/s1. The highest BCUT2D eigenvalue weighted by Crippen LogP contribution is 2.33. The Morgan fingerprint density at radius 1 is 0.971 bits per heavy atom. The third-order valence-corrected chi connectivity index (χ3v) is 6.42. The molecule has 0 unspecified atom stereocenters. The van der Waals surface area contributed by atoms with Crippen LogP contribution in [0.5, 0.6) is 5.75 Å². The first-order valence-electron chi connectivity index (χ1n) is 10.9. The molecule has 1 aromatic heterocycles. The van der Waals surface area contributed by atoms with E-state index in [1.165, 1.54) is 11.3 Å². The van der Waals surface area contributed by atoms with Crippen molar-refractivity contribution in [1.82, 2.24) is 0 Å². The van der Waals surface area contributed by atoms with Gasteiger partial charge in [0.2, 0.25) is 0 Å². The summed E-state index contributed by atoms with van der Waals surface area (Å²) in [6, 6.07) is 14.0. The molecule has 8 heteroatoms. The number of ether oxygens (including phenoxy) is 2. The van der Waals surface area contributed by atoms with Crippen molar-refractivity contribution in [2.75, 3.05) is 17.2 Å². The number of carbonyl (C=O) groups excluding carboxylic acids is 3. The van der Waals surface area contributed by atoms with Crippen molar-refractivity contribution in [1.29, 1.82) is 0 Å². The highest BCUT2D eigenvalue weighted by atomic mass is 32.1. The first-order valence-corrected chi connectivity index (χ1v) is 11.7. The molecule has 0 saturated heterocycles. The lowest BCUT2D eigenvalue weighted by Gasteiger charge is -2.16. The van der Waals surface area contributed by atoms with Crippen molar-refractivity contribution in [3.63, 3.8) is 0 Å². The summed E-state index contributed by atoms with van der Waals surface area (Å²) >= 11 is 1.33. The zero-order valence-electron chi connectivity index (χ0n) is 19.9. The Morgan fingerprint density at radius 2 is 1.65 bits per heavy atom. The molecule has 0 aliphatic carbocycles. The summed E-state index contributed by atoms with van der Waals surface area (Å²) < 4.78 is 10.9. The van der Waals surface area contributed by atoms with Gasteiger partial charge in [-0.3, -0.25) is 9.59 Å². The van der Waals surface area contributed by atoms with Gasteiger partial charge in [0.1, 0.15) is 10.8 Å². The predicted molar refractivity (Wildman–Crippen MR) is 134 cm³/mol. The molecular weight excluding hydrogens is 452 g/mol. The Hall–Kier alpha value is -3.65. The van der Waals surface area contributed by atoms with Crippen LogP contribution in [0.4, 0.5) is 10.7 Å². The molecule has 3 aromatic rings. The van der Waals surface area contributed by atoms with Gasteiger partial charge in [0, 0.05) is 16.1 Å². The molecule has 0 radical (unpaired) electrons. The van der Waals surface area contributed by atoms with Crippen LogP contribution in [0.15, 0.2) is 48.5 Å². The lowest BCUT2D eigenvalue weighted by molar-refractivity contribution is -0.122. The number of carbonyl (C=O) groups is 3. The molecule has 1 heterocycles. The van der Waals surface area contributed by atoms with Crippen LogP contribution in [0.1, 0.15) is 50.6 Å². The van der Waals surface area contributed by atoms with Crippen molar-refractivity contribution in [2.45, 2.75) is 40.7 Å². The zero-order chi connectivity index (χ0) is 24.8. The van der Waals surface area contributed by atoms with Crippen LogP contribution >= 0.6 is 11.3 Å². The quantitative estimate of drug-likeness (QED) is 0.415. The van der Waals surface area contributed by atoms with E-state index in [0.717, 1.165) is 21.7 Å². The molecule has 178 valence electrons. The van der Waals surface area contributed by atoms with Crippen LogP contribution in [-0.2, 0) is 9.53 Å². The molecule has 1 atom stereocenters. The van der Waals surface area contributed by atoms with Crippen molar-refractivity contribution < 1.29 is 23.9 Å². The second-order valence-corrected chi connectivity index (χ2v) is 8.98. The van der Waals surface area contributed by atoms with E-state index in [9.17, 15) is 14.4 Å².